The van der Waals surface area contributed by atoms with Gasteiger partial charge >= 0.3 is 0 Å². The first kappa shape index (κ1) is 16.3. The average Bonchev–Trinajstić information content (AvgIpc) is 2.53. The molecule has 1 aromatic heterocycles. The summed E-state index contributed by atoms with van der Waals surface area (Å²) in [7, 11) is 2.27. The molecule has 0 radical (unpaired) electrons. The van der Waals surface area contributed by atoms with Crippen LogP contribution >= 0.6 is 0 Å². The highest BCUT2D eigenvalue weighted by molar-refractivity contribution is 5.54. The second-order valence-corrected chi connectivity index (χ2v) is 6.43. The van der Waals surface area contributed by atoms with Gasteiger partial charge in [-0.15, -0.1) is 0 Å². The number of hydrogen-bond acceptors (Lipinski definition) is 3. The molecule has 0 aromatic carbocycles. The zero-order valence-electron chi connectivity index (χ0n) is 14.2. The molecule has 21 heavy (non-hydrogen) atoms. The van der Waals surface area contributed by atoms with Crippen LogP contribution in [0.3, 0.4) is 0 Å². The Morgan fingerprint density at radius 1 is 1.24 bits per heavy atom. The summed E-state index contributed by atoms with van der Waals surface area (Å²) in [5.41, 5.74) is 3.80. The van der Waals surface area contributed by atoms with Gasteiger partial charge in [-0.2, -0.15) is 0 Å². The summed E-state index contributed by atoms with van der Waals surface area (Å²) < 4.78 is 0. The monoisotopic (exact) mass is 289 g/mol. The molecule has 1 aliphatic rings. The van der Waals surface area contributed by atoms with Crippen LogP contribution in [0.2, 0.25) is 0 Å². The van der Waals surface area contributed by atoms with Gasteiger partial charge in [-0.25, -0.2) is 0 Å². The highest BCUT2D eigenvalue weighted by Gasteiger charge is 2.24. The van der Waals surface area contributed by atoms with Crippen molar-refractivity contribution >= 4 is 5.69 Å². The van der Waals surface area contributed by atoms with Gasteiger partial charge in [-0.1, -0.05) is 20.3 Å². The van der Waals surface area contributed by atoms with Gasteiger partial charge < -0.3 is 10.2 Å². The highest BCUT2D eigenvalue weighted by Crippen LogP contribution is 2.32. The molecule has 3 nitrogen and oxygen atoms in total. The second-order valence-electron chi connectivity index (χ2n) is 6.43. The number of pyridine rings is 1. The molecular formula is C18H31N3. The lowest BCUT2D eigenvalue weighted by molar-refractivity contribution is 0.313. The molecule has 1 fully saturated rings. The van der Waals surface area contributed by atoms with Gasteiger partial charge in [0.05, 0.1) is 0 Å². The van der Waals surface area contributed by atoms with Crippen molar-refractivity contribution in [3.63, 3.8) is 0 Å². The van der Waals surface area contributed by atoms with Crippen LogP contribution in [0.1, 0.15) is 57.2 Å². The zero-order chi connectivity index (χ0) is 15.2. The van der Waals surface area contributed by atoms with Gasteiger partial charge in [-0.3, -0.25) is 4.98 Å². The van der Waals surface area contributed by atoms with Crippen molar-refractivity contribution in [1.82, 2.24) is 10.3 Å². The predicted octanol–water partition coefficient (Wildman–Crippen LogP) is 3.90. The number of nitrogens with zero attached hydrogens (tertiary/aromatic N) is 2. The summed E-state index contributed by atoms with van der Waals surface area (Å²) in [6, 6.07) is 2.94. The quantitative estimate of drug-likeness (QED) is 0.860. The lowest BCUT2D eigenvalue weighted by Crippen LogP contribution is -2.36. The molecule has 1 heterocycles. The third kappa shape index (κ3) is 4.19. The van der Waals surface area contributed by atoms with Gasteiger partial charge in [-0.05, 0) is 51.1 Å². The van der Waals surface area contributed by atoms with Crippen molar-refractivity contribution in [2.24, 2.45) is 5.92 Å². The first-order chi connectivity index (χ1) is 10.2. The van der Waals surface area contributed by atoms with Crippen LogP contribution in [-0.4, -0.2) is 24.6 Å². The first-order valence-electron chi connectivity index (χ1n) is 8.54. The van der Waals surface area contributed by atoms with E-state index in [-0.39, 0.29) is 0 Å². The molecule has 0 bridgehead atoms. The SMILES string of the molecule is CCNCc1cnc(C)cc1N(C)C1CCC(CC)CC1. The summed E-state index contributed by atoms with van der Waals surface area (Å²) in [5, 5.41) is 3.43. The van der Waals surface area contributed by atoms with Crippen molar-refractivity contribution in [2.45, 2.75) is 65.5 Å². The van der Waals surface area contributed by atoms with Crippen molar-refractivity contribution in [2.75, 3.05) is 18.5 Å². The molecule has 3 heteroatoms. The van der Waals surface area contributed by atoms with E-state index in [1.54, 1.807) is 0 Å². The minimum absolute atomic E-state index is 0.690. The van der Waals surface area contributed by atoms with E-state index in [0.29, 0.717) is 6.04 Å². The predicted molar refractivity (Wildman–Crippen MR) is 90.8 cm³/mol. The van der Waals surface area contributed by atoms with E-state index >= 15 is 0 Å². The van der Waals surface area contributed by atoms with Gasteiger partial charge in [0.25, 0.3) is 0 Å². The number of nitrogens with one attached hydrogen (secondary N) is 1. The maximum absolute atomic E-state index is 4.48. The Bertz CT molecular complexity index is 436. The second kappa shape index (κ2) is 7.79. The molecule has 1 aliphatic carbocycles. The number of rotatable bonds is 6. The normalized spacial score (nSPS) is 22.3. The number of aromatic nitrogens is 1. The lowest BCUT2D eigenvalue weighted by atomic mass is 9.84. The summed E-state index contributed by atoms with van der Waals surface area (Å²) in [4.78, 5) is 6.99. The van der Waals surface area contributed by atoms with E-state index in [1.807, 2.05) is 6.20 Å². The number of aryl methyl sites for hydroxylation is 1. The van der Waals surface area contributed by atoms with Crippen LogP contribution in [0.15, 0.2) is 12.3 Å². The van der Waals surface area contributed by atoms with Gasteiger partial charge in [0, 0.05) is 42.8 Å². The van der Waals surface area contributed by atoms with Crippen molar-refractivity contribution in [1.29, 1.82) is 0 Å². The third-order valence-electron chi connectivity index (χ3n) is 4.99. The Hall–Kier alpha value is -1.09. The fourth-order valence-corrected chi connectivity index (χ4v) is 3.44. The molecule has 0 aliphatic heterocycles. The van der Waals surface area contributed by atoms with E-state index in [9.17, 15) is 0 Å². The Labute approximate surface area is 130 Å². The molecule has 0 amide bonds. The molecule has 1 aromatic rings. The zero-order valence-corrected chi connectivity index (χ0v) is 14.2. The van der Waals surface area contributed by atoms with Crippen molar-refractivity contribution in [3.05, 3.63) is 23.5 Å². The smallest absolute Gasteiger partial charge is 0.0445 e. The fourth-order valence-electron chi connectivity index (χ4n) is 3.44. The van der Waals surface area contributed by atoms with Crippen LogP contribution in [0.25, 0.3) is 0 Å². The molecule has 118 valence electrons. The molecule has 2 rings (SSSR count). The molecule has 0 saturated heterocycles. The van der Waals surface area contributed by atoms with Gasteiger partial charge in [0.2, 0.25) is 0 Å². The Balaban J connectivity index is 2.10. The fraction of sp³-hybridized carbons (Fsp3) is 0.722. The van der Waals surface area contributed by atoms with Gasteiger partial charge in [0.1, 0.15) is 0 Å². The minimum atomic E-state index is 0.690. The standard InChI is InChI=1S/C18H31N3/c1-5-15-7-9-17(10-8-15)21(4)18-11-14(3)20-13-16(18)12-19-6-2/h11,13,15,17,19H,5-10,12H2,1-4H3. The van der Waals surface area contributed by atoms with Crippen LogP contribution in [0.5, 0.6) is 0 Å². The lowest BCUT2D eigenvalue weighted by Gasteiger charge is -2.36. The molecule has 0 unspecified atom stereocenters. The maximum Gasteiger partial charge on any atom is 0.0445 e. The third-order valence-corrected chi connectivity index (χ3v) is 4.99. The topological polar surface area (TPSA) is 28.2 Å². The molecular weight excluding hydrogens is 258 g/mol. The van der Waals surface area contributed by atoms with Crippen LogP contribution in [0.4, 0.5) is 5.69 Å². The van der Waals surface area contributed by atoms with Crippen LogP contribution in [-0.2, 0) is 6.54 Å². The molecule has 1 saturated carbocycles. The van der Waals surface area contributed by atoms with E-state index in [4.69, 9.17) is 0 Å². The largest absolute Gasteiger partial charge is 0.371 e. The summed E-state index contributed by atoms with van der Waals surface area (Å²) in [6.07, 6.45) is 8.82. The summed E-state index contributed by atoms with van der Waals surface area (Å²) >= 11 is 0. The highest BCUT2D eigenvalue weighted by atomic mass is 15.1. The van der Waals surface area contributed by atoms with Gasteiger partial charge in [0.15, 0.2) is 0 Å². The summed E-state index contributed by atoms with van der Waals surface area (Å²) in [5.74, 6) is 0.954. The van der Waals surface area contributed by atoms with E-state index in [2.05, 4.69) is 49.1 Å². The Morgan fingerprint density at radius 2 is 1.95 bits per heavy atom. The van der Waals surface area contributed by atoms with Crippen molar-refractivity contribution < 1.29 is 0 Å². The van der Waals surface area contributed by atoms with Crippen LogP contribution < -0.4 is 10.2 Å². The Kier molecular flexibility index (Phi) is 6.04. The number of hydrogen-bond donors (Lipinski definition) is 1. The first-order valence-corrected chi connectivity index (χ1v) is 8.54. The minimum Gasteiger partial charge on any atom is -0.371 e. The van der Waals surface area contributed by atoms with E-state index in [0.717, 1.165) is 24.7 Å². The summed E-state index contributed by atoms with van der Waals surface area (Å²) in [6.45, 7) is 8.47. The van der Waals surface area contributed by atoms with Crippen LogP contribution in [0, 0.1) is 12.8 Å². The Morgan fingerprint density at radius 3 is 2.57 bits per heavy atom. The van der Waals surface area contributed by atoms with E-state index in [1.165, 1.54) is 43.4 Å². The maximum atomic E-state index is 4.48. The molecule has 0 atom stereocenters. The number of anilines is 1. The van der Waals surface area contributed by atoms with Crippen molar-refractivity contribution in [3.8, 4) is 0 Å². The molecule has 0 spiro atoms. The molecule has 1 N–H and O–H groups in total. The van der Waals surface area contributed by atoms with E-state index < -0.39 is 0 Å². The average molecular weight is 289 g/mol.